The Hall–Kier alpha value is -2.14. The van der Waals surface area contributed by atoms with Gasteiger partial charge in [0.05, 0.1) is 19.4 Å². The number of halogens is 1. The van der Waals surface area contributed by atoms with Gasteiger partial charge in [0.15, 0.2) is 0 Å². The van der Waals surface area contributed by atoms with Crippen LogP contribution in [0, 0.1) is 5.82 Å². The molecule has 0 radical (unpaired) electrons. The molecule has 0 fully saturated rings. The number of rotatable bonds is 7. The van der Waals surface area contributed by atoms with E-state index >= 15 is 0 Å². The van der Waals surface area contributed by atoms with Crippen LogP contribution in [0.2, 0.25) is 0 Å². The van der Waals surface area contributed by atoms with Crippen LogP contribution in [0.25, 0.3) is 0 Å². The molecule has 2 aromatic rings. The van der Waals surface area contributed by atoms with Gasteiger partial charge in [-0.1, -0.05) is 19.1 Å². The number of benzene rings is 1. The summed E-state index contributed by atoms with van der Waals surface area (Å²) < 4.78 is 18.5. The number of hydrogen-bond acceptors (Lipinski definition) is 3. The molecule has 1 heterocycles. The molecule has 0 aliphatic heterocycles. The molecule has 1 aromatic heterocycles. The molecule has 1 amide bonds. The SMILES string of the molecule is CCN(CC(=O)N(C)Cc1ccco1)Cc1cccc(F)c1. The third kappa shape index (κ3) is 4.70. The molecule has 118 valence electrons. The van der Waals surface area contributed by atoms with Crippen LogP contribution >= 0.6 is 0 Å². The molecular formula is C17H21FN2O2. The van der Waals surface area contributed by atoms with Crippen molar-refractivity contribution < 1.29 is 13.6 Å². The average molecular weight is 304 g/mol. The Bertz CT molecular complexity index is 598. The van der Waals surface area contributed by atoms with Gasteiger partial charge in [-0.15, -0.1) is 0 Å². The zero-order valence-corrected chi connectivity index (χ0v) is 13.0. The Balaban J connectivity index is 1.90. The first-order chi connectivity index (χ1) is 10.6. The molecule has 0 aliphatic carbocycles. The first-order valence-electron chi connectivity index (χ1n) is 7.31. The van der Waals surface area contributed by atoms with Gasteiger partial charge in [0.2, 0.25) is 5.91 Å². The molecule has 0 saturated carbocycles. The summed E-state index contributed by atoms with van der Waals surface area (Å²) in [4.78, 5) is 15.9. The van der Waals surface area contributed by atoms with Crippen LogP contribution in [0.4, 0.5) is 4.39 Å². The van der Waals surface area contributed by atoms with Crippen molar-refractivity contribution in [3.8, 4) is 0 Å². The summed E-state index contributed by atoms with van der Waals surface area (Å²) in [5, 5.41) is 0. The molecule has 0 N–H and O–H groups in total. The maximum atomic E-state index is 13.2. The minimum atomic E-state index is -0.255. The van der Waals surface area contributed by atoms with E-state index in [9.17, 15) is 9.18 Å². The Morgan fingerprint density at radius 1 is 1.23 bits per heavy atom. The highest BCUT2D eigenvalue weighted by Crippen LogP contribution is 2.09. The summed E-state index contributed by atoms with van der Waals surface area (Å²) in [7, 11) is 1.75. The Morgan fingerprint density at radius 3 is 2.68 bits per heavy atom. The van der Waals surface area contributed by atoms with Crippen molar-refractivity contribution in [1.82, 2.24) is 9.80 Å². The van der Waals surface area contributed by atoms with Crippen LogP contribution in [0.15, 0.2) is 47.1 Å². The number of carbonyl (C=O) groups is 1. The van der Waals surface area contributed by atoms with Crippen molar-refractivity contribution in [3.63, 3.8) is 0 Å². The maximum absolute atomic E-state index is 13.2. The standard InChI is InChI=1S/C17H21FN2O2/c1-3-20(11-14-6-4-7-15(18)10-14)13-17(21)19(2)12-16-8-5-9-22-16/h4-10H,3,11-13H2,1-2H3. The predicted octanol–water partition coefficient (Wildman–Crippen LogP) is 2.90. The van der Waals surface area contributed by atoms with E-state index < -0.39 is 0 Å². The van der Waals surface area contributed by atoms with Crippen molar-refractivity contribution >= 4 is 5.91 Å². The fraction of sp³-hybridized carbons (Fsp3) is 0.353. The zero-order valence-electron chi connectivity index (χ0n) is 13.0. The lowest BCUT2D eigenvalue weighted by molar-refractivity contribution is -0.132. The highest BCUT2D eigenvalue weighted by molar-refractivity contribution is 5.77. The van der Waals surface area contributed by atoms with E-state index in [0.29, 0.717) is 19.6 Å². The van der Waals surface area contributed by atoms with Gasteiger partial charge in [-0.3, -0.25) is 9.69 Å². The smallest absolute Gasteiger partial charge is 0.236 e. The number of carbonyl (C=O) groups excluding carboxylic acids is 1. The second kappa shape index (κ2) is 7.75. The maximum Gasteiger partial charge on any atom is 0.236 e. The van der Waals surface area contributed by atoms with E-state index in [0.717, 1.165) is 17.9 Å². The van der Waals surface area contributed by atoms with E-state index in [4.69, 9.17) is 4.42 Å². The van der Waals surface area contributed by atoms with E-state index in [-0.39, 0.29) is 11.7 Å². The van der Waals surface area contributed by atoms with E-state index in [1.54, 1.807) is 30.3 Å². The second-order valence-electron chi connectivity index (χ2n) is 5.26. The Labute approximate surface area is 130 Å². The van der Waals surface area contributed by atoms with Gasteiger partial charge in [-0.05, 0) is 36.4 Å². The molecule has 4 nitrogen and oxygen atoms in total. The third-order valence-electron chi connectivity index (χ3n) is 3.50. The predicted molar refractivity (Wildman–Crippen MR) is 82.5 cm³/mol. The first kappa shape index (κ1) is 16.2. The van der Waals surface area contributed by atoms with Crippen LogP contribution in [0.3, 0.4) is 0 Å². The third-order valence-corrected chi connectivity index (χ3v) is 3.50. The lowest BCUT2D eigenvalue weighted by atomic mass is 10.2. The number of nitrogens with zero attached hydrogens (tertiary/aromatic N) is 2. The van der Waals surface area contributed by atoms with Gasteiger partial charge < -0.3 is 9.32 Å². The fourth-order valence-corrected chi connectivity index (χ4v) is 2.21. The largest absolute Gasteiger partial charge is 0.467 e. The minimum absolute atomic E-state index is 0.00894. The Kier molecular flexibility index (Phi) is 5.72. The molecule has 0 aliphatic rings. The quantitative estimate of drug-likeness (QED) is 0.789. The topological polar surface area (TPSA) is 36.7 Å². The molecular weight excluding hydrogens is 283 g/mol. The van der Waals surface area contributed by atoms with Crippen molar-refractivity contribution in [1.29, 1.82) is 0 Å². The van der Waals surface area contributed by atoms with Crippen molar-refractivity contribution in [2.24, 2.45) is 0 Å². The molecule has 1 aromatic carbocycles. The molecule has 0 unspecified atom stereocenters. The fourth-order valence-electron chi connectivity index (χ4n) is 2.21. The highest BCUT2D eigenvalue weighted by Gasteiger charge is 2.15. The van der Waals surface area contributed by atoms with Crippen molar-refractivity contribution in [3.05, 3.63) is 59.8 Å². The number of amides is 1. The van der Waals surface area contributed by atoms with E-state index in [1.807, 2.05) is 24.0 Å². The summed E-state index contributed by atoms with van der Waals surface area (Å²) in [5.41, 5.74) is 0.864. The molecule has 0 bridgehead atoms. The monoisotopic (exact) mass is 304 g/mol. The lowest BCUT2D eigenvalue weighted by Gasteiger charge is -2.23. The normalized spacial score (nSPS) is 10.9. The summed E-state index contributed by atoms with van der Waals surface area (Å²) in [6, 6.07) is 10.1. The zero-order chi connectivity index (χ0) is 15.9. The average Bonchev–Trinajstić information content (AvgIpc) is 2.99. The van der Waals surface area contributed by atoms with Gasteiger partial charge in [-0.2, -0.15) is 0 Å². The summed E-state index contributed by atoms with van der Waals surface area (Å²) >= 11 is 0. The van der Waals surface area contributed by atoms with Gasteiger partial charge in [0.25, 0.3) is 0 Å². The van der Waals surface area contributed by atoms with Crippen molar-refractivity contribution in [2.75, 3.05) is 20.1 Å². The van der Waals surface area contributed by atoms with Crippen LogP contribution in [-0.4, -0.2) is 35.8 Å². The summed E-state index contributed by atoms with van der Waals surface area (Å²) in [6.45, 7) is 4.00. The van der Waals surface area contributed by atoms with Crippen molar-refractivity contribution in [2.45, 2.75) is 20.0 Å². The minimum Gasteiger partial charge on any atom is -0.467 e. The van der Waals surface area contributed by atoms with Gasteiger partial charge >= 0.3 is 0 Å². The number of furan rings is 1. The lowest BCUT2D eigenvalue weighted by Crippen LogP contribution is -2.37. The Morgan fingerprint density at radius 2 is 2.05 bits per heavy atom. The molecule has 5 heteroatoms. The van der Waals surface area contributed by atoms with Gasteiger partial charge in [-0.25, -0.2) is 4.39 Å². The first-order valence-corrected chi connectivity index (χ1v) is 7.31. The van der Waals surface area contributed by atoms with E-state index in [1.165, 1.54) is 12.1 Å². The van der Waals surface area contributed by atoms with Crippen LogP contribution in [0.1, 0.15) is 18.2 Å². The van der Waals surface area contributed by atoms with Gasteiger partial charge in [0, 0.05) is 13.6 Å². The molecule has 2 rings (SSSR count). The molecule has 0 spiro atoms. The molecule has 0 atom stereocenters. The summed E-state index contributed by atoms with van der Waals surface area (Å²) in [5.74, 6) is 0.508. The molecule has 0 saturated heterocycles. The van der Waals surface area contributed by atoms with Crippen LogP contribution < -0.4 is 0 Å². The van der Waals surface area contributed by atoms with Crippen LogP contribution in [0.5, 0.6) is 0 Å². The second-order valence-corrected chi connectivity index (χ2v) is 5.26. The summed E-state index contributed by atoms with van der Waals surface area (Å²) in [6.07, 6.45) is 1.59. The van der Waals surface area contributed by atoms with Crippen LogP contribution in [-0.2, 0) is 17.9 Å². The van der Waals surface area contributed by atoms with Gasteiger partial charge in [0.1, 0.15) is 11.6 Å². The number of likely N-dealkylation sites (N-methyl/N-ethyl adjacent to an activating group) is 2. The number of hydrogen-bond donors (Lipinski definition) is 0. The van der Waals surface area contributed by atoms with E-state index in [2.05, 4.69) is 0 Å². The highest BCUT2D eigenvalue weighted by atomic mass is 19.1. The molecule has 22 heavy (non-hydrogen) atoms.